The van der Waals surface area contributed by atoms with Gasteiger partial charge >= 0.3 is 51.4 Å². The van der Waals surface area contributed by atoms with Crippen LogP contribution < -0.4 is 51.4 Å². The van der Waals surface area contributed by atoms with Crippen LogP contribution in [0.2, 0.25) is 0 Å². The van der Waals surface area contributed by atoms with Crippen molar-refractivity contribution in [2.24, 2.45) is 0 Å². The summed E-state index contributed by atoms with van der Waals surface area (Å²) in [5.74, 6) is 0. The second-order valence-corrected chi connectivity index (χ2v) is 0. The summed E-state index contributed by atoms with van der Waals surface area (Å²) in [4.78, 5) is 0. The standard InChI is InChI=1S/2C2H6.CH4.K.PS/c2*1-2;;;1-2/h2*1-2H3;1H4;;/q;;;+1;-1. The fraction of sp³-hybridized carbons (Fsp3) is 1.00. The quantitative estimate of drug-likeness (QED) is 0.386. The summed E-state index contributed by atoms with van der Waals surface area (Å²) in [5.41, 5.74) is 0. The predicted octanol–water partition coefficient (Wildman–Crippen LogP) is 0.551. The van der Waals surface area contributed by atoms with Crippen LogP contribution in [0.15, 0.2) is 0 Å². The van der Waals surface area contributed by atoms with Gasteiger partial charge in [-0.15, -0.1) is 0 Å². The maximum absolute atomic E-state index is 3.78. The Morgan fingerprint density at radius 2 is 0.875 bits per heavy atom. The van der Waals surface area contributed by atoms with Crippen LogP contribution in [-0.2, 0) is 11.8 Å². The molecule has 0 aromatic heterocycles. The van der Waals surface area contributed by atoms with Crippen LogP contribution in [0.4, 0.5) is 0 Å². The molecule has 0 saturated heterocycles. The Morgan fingerprint density at radius 3 is 0.875 bits per heavy atom. The van der Waals surface area contributed by atoms with E-state index in [-0.39, 0.29) is 58.8 Å². The van der Waals surface area contributed by atoms with Crippen molar-refractivity contribution in [2.75, 3.05) is 0 Å². The van der Waals surface area contributed by atoms with Crippen molar-refractivity contribution in [2.45, 2.75) is 35.1 Å². The molecule has 0 aliphatic carbocycles. The molecule has 0 spiro atoms. The summed E-state index contributed by atoms with van der Waals surface area (Å²) < 4.78 is 0. The van der Waals surface area contributed by atoms with Gasteiger partial charge in [0.05, 0.1) is 0 Å². The van der Waals surface area contributed by atoms with Crippen LogP contribution in [-0.4, -0.2) is 0 Å². The van der Waals surface area contributed by atoms with E-state index in [1.54, 1.807) is 0 Å². The maximum atomic E-state index is 3.78. The van der Waals surface area contributed by atoms with Crippen LogP contribution in [0.3, 0.4) is 0 Å². The molecule has 0 aromatic rings. The summed E-state index contributed by atoms with van der Waals surface area (Å²) in [6.07, 6.45) is 0. The van der Waals surface area contributed by atoms with E-state index in [4.69, 9.17) is 0 Å². The molecule has 0 nitrogen and oxygen atoms in total. The van der Waals surface area contributed by atoms with Gasteiger partial charge in [0, 0.05) is 0 Å². The molecule has 0 saturated carbocycles. The Bertz CT molecular complexity index is 12.4. The number of hydrogen-bond acceptors (Lipinski definition) is 1. The van der Waals surface area contributed by atoms with Crippen molar-refractivity contribution >= 4 is 19.8 Å². The SMILES string of the molecule is C.CC.CC.[K+].[P-]=S. The van der Waals surface area contributed by atoms with E-state index in [1.807, 2.05) is 27.7 Å². The fourth-order valence-electron chi connectivity index (χ4n) is 0. The van der Waals surface area contributed by atoms with Gasteiger partial charge in [0.25, 0.3) is 0 Å². The average molecular weight is 178 g/mol. The zero-order valence-electron chi connectivity index (χ0n) is 5.86. The predicted molar refractivity (Wildman–Crippen MR) is 43.7 cm³/mol. The Hall–Kier alpha value is 2.16. The normalized spacial score (nSPS) is 2.00. The summed E-state index contributed by atoms with van der Waals surface area (Å²) in [5, 5.41) is 0. The van der Waals surface area contributed by atoms with Crippen molar-refractivity contribution in [3.8, 4) is 0 Å². The Kier molecular flexibility index (Phi) is 524. The first-order chi connectivity index (χ1) is 3.00. The molecular weight excluding hydrogens is 162 g/mol. The Labute approximate surface area is 105 Å². The van der Waals surface area contributed by atoms with Crippen LogP contribution in [0, 0.1) is 0 Å². The van der Waals surface area contributed by atoms with Crippen molar-refractivity contribution < 1.29 is 51.4 Å². The van der Waals surface area contributed by atoms with E-state index in [9.17, 15) is 0 Å². The molecule has 0 radical (unpaired) electrons. The van der Waals surface area contributed by atoms with Crippen molar-refractivity contribution in [3.63, 3.8) is 0 Å². The topological polar surface area (TPSA) is 0 Å². The first-order valence-electron chi connectivity index (χ1n) is 2.18. The van der Waals surface area contributed by atoms with E-state index < -0.39 is 0 Å². The number of rotatable bonds is 0. The maximum Gasteiger partial charge on any atom is 1.00 e. The van der Waals surface area contributed by atoms with E-state index in [0.29, 0.717) is 0 Å². The van der Waals surface area contributed by atoms with Gasteiger partial charge in [-0.05, 0) is 0 Å². The zero-order valence-corrected chi connectivity index (χ0v) is 10.7. The van der Waals surface area contributed by atoms with Crippen molar-refractivity contribution in [1.82, 2.24) is 0 Å². The van der Waals surface area contributed by atoms with E-state index >= 15 is 0 Å². The summed E-state index contributed by atoms with van der Waals surface area (Å²) in [6.45, 7) is 8.00. The first kappa shape index (κ1) is 32.0. The fourth-order valence-corrected chi connectivity index (χ4v) is 0. The molecule has 48 valence electrons. The second kappa shape index (κ2) is 131. The molecular formula is C5H16KPS. The van der Waals surface area contributed by atoms with Crippen LogP contribution in [0.1, 0.15) is 35.1 Å². The summed E-state index contributed by atoms with van der Waals surface area (Å²) >= 11 is 3.78. The minimum absolute atomic E-state index is 0. The van der Waals surface area contributed by atoms with Gasteiger partial charge in [0.2, 0.25) is 0 Å². The van der Waals surface area contributed by atoms with Gasteiger partial charge in [0.1, 0.15) is 0 Å². The molecule has 0 aliphatic rings. The molecule has 0 fully saturated rings. The third kappa shape index (κ3) is 89.8. The second-order valence-electron chi connectivity index (χ2n) is 0. The molecule has 0 rings (SSSR count). The zero-order chi connectivity index (χ0) is 6.00. The molecule has 3 heteroatoms. The first-order valence-corrected chi connectivity index (χ1v) is 3.64. The van der Waals surface area contributed by atoms with Crippen LogP contribution in [0.25, 0.3) is 0 Å². The molecule has 8 heavy (non-hydrogen) atoms. The largest absolute Gasteiger partial charge is 1.00 e. The molecule has 0 bridgehead atoms. The molecule has 0 N–H and O–H groups in total. The van der Waals surface area contributed by atoms with Gasteiger partial charge in [-0.3, -0.25) is 0 Å². The molecule has 0 heterocycles. The molecule has 0 atom stereocenters. The summed E-state index contributed by atoms with van der Waals surface area (Å²) in [6, 6.07) is 0. The molecule has 0 unspecified atom stereocenters. The van der Waals surface area contributed by atoms with E-state index in [0.717, 1.165) is 0 Å². The Morgan fingerprint density at radius 1 is 0.875 bits per heavy atom. The molecule has 0 amide bonds. The van der Waals surface area contributed by atoms with E-state index in [1.165, 1.54) is 0 Å². The van der Waals surface area contributed by atoms with Crippen LogP contribution >= 0.6 is 8.02 Å². The Balaban J connectivity index is -0.00000000500. The van der Waals surface area contributed by atoms with Crippen molar-refractivity contribution in [3.05, 3.63) is 0 Å². The van der Waals surface area contributed by atoms with Gasteiger partial charge < -0.3 is 19.8 Å². The van der Waals surface area contributed by atoms with Gasteiger partial charge in [0.15, 0.2) is 0 Å². The molecule has 0 aromatic carbocycles. The number of hydrogen-bond donors (Lipinski definition) is 0. The van der Waals surface area contributed by atoms with Crippen LogP contribution in [0.5, 0.6) is 0 Å². The monoisotopic (exact) mass is 178 g/mol. The smallest absolute Gasteiger partial charge is 0.645 e. The average Bonchev–Trinajstić information content (AvgIpc) is 1.81. The third-order valence-electron chi connectivity index (χ3n) is 0. The summed E-state index contributed by atoms with van der Waals surface area (Å²) in [7, 11) is 3.11. The van der Waals surface area contributed by atoms with Gasteiger partial charge in [-0.1, -0.05) is 35.1 Å². The minimum Gasteiger partial charge on any atom is -0.645 e. The molecule has 0 aliphatic heterocycles. The van der Waals surface area contributed by atoms with Gasteiger partial charge in [-0.25, -0.2) is 0 Å². The van der Waals surface area contributed by atoms with Gasteiger partial charge in [-0.2, -0.15) is 0 Å². The van der Waals surface area contributed by atoms with E-state index in [2.05, 4.69) is 19.8 Å². The van der Waals surface area contributed by atoms with Crippen molar-refractivity contribution in [1.29, 1.82) is 0 Å². The third-order valence-corrected chi connectivity index (χ3v) is 0. The minimum atomic E-state index is 0.